The van der Waals surface area contributed by atoms with E-state index < -0.39 is 0 Å². The van der Waals surface area contributed by atoms with Crippen LogP contribution in [0.1, 0.15) is 31.7 Å². The fraction of sp³-hybridized carbons (Fsp3) is 0.375. The number of para-hydroxylation sites is 3. The highest BCUT2D eigenvalue weighted by Crippen LogP contribution is 2.26. The van der Waals surface area contributed by atoms with Crippen molar-refractivity contribution in [2.75, 3.05) is 18.0 Å². The fourth-order valence-electron chi connectivity index (χ4n) is 4.33. The molecule has 1 aliphatic rings. The number of rotatable bonds is 7. The van der Waals surface area contributed by atoms with E-state index in [0.29, 0.717) is 6.54 Å². The number of anilines is 1. The van der Waals surface area contributed by atoms with Gasteiger partial charge in [-0.2, -0.15) is 0 Å². The van der Waals surface area contributed by atoms with Crippen LogP contribution in [0.25, 0.3) is 11.0 Å². The maximum absolute atomic E-state index is 12.8. The van der Waals surface area contributed by atoms with E-state index in [-0.39, 0.29) is 37.0 Å². The summed E-state index contributed by atoms with van der Waals surface area (Å²) >= 11 is 0. The Labute approximate surface area is 186 Å². The topological polar surface area (TPSA) is 88.4 Å². The molecule has 0 aliphatic carbocycles. The number of hydrogen-bond donors (Lipinski definition) is 2. The van der Waals surface area contributed by atoms with Crippen molar-refractivity contribution in [3.8, 4) is 0 Å². The van der Waals surface area contributed by atoms with Crippen LogP contribution in [0.3, 0.4) is 0 Å². The molecule has 168 valence electrons. The number of aromatic nitrogens is 2. The van der Waals surface area contributed by atoms with Gasteiger partial charge < -0.3 is 4.90 Å². The zero-order valence-corrected chi connectivity index (χ0v) is 18.3. The number of fused-ring (bicyclic) bond motifs is 2. The van der Waals surface area contributed by atoms with Gasteiger partial charge >= 0.3 is 5.69 Å². The smallest absolute Gasteiger partial charge is 0.329 e. The van der Waals surface area contributed by atoms with Crippen molar-refractivity contribution in [3.05, 3.63) is 64.6 Å². The molecule has 3 aromatic rings. The van der Waals surface area contributed by atoms with Crippen molar-refractivity contribution >= 4 is 28.5 Å². The molecule has 0 atom stereocenters. The number of benzene rings is 2. The molecule has 0 bridgehead atoms. The number of hydrogen-bond acceptors (Lipinski definition) is 4. The lowest BCUT2D eigenvalue weighted by Gasteiger charge is -2.30. The van der Waals surface area contributed by atoms with Gasteiger partial charge in [0.2, 0.25) is 5.91 Å². The molecular formula is C24H29N5O3. The van der Waals surface area contributed by atoms with Crippen molar-refractivity contribution < 1.29 is 9.59 Å². The Morgan fingerprint density at radius 3 is 2.31 bits per heavy atom. The summed E-state index contributed by atoms with van der Waals surface area (Å²) in [4.78, 5) is 39.5. The summed E-state index contributed by atoms with van der Waals surface area (Å²) in [6.45, 7) is 3.90. The molecule has 0 spiro atoms. The molecule has 1 aromatic heterocycles. The third-order valence-electron chi connectivity index (χ3n) is 5.82. The molecule has 4 rings (SSSR count). The summed E-state index contributed by atoms with van der Waals surface area (Å²) in [6.07, 6.45) is 2.95. The van der Waals surface area contributed by atoms with Gasteiger partial charge in [-0.15, -0.1) is 0 Å². The van der Waals surface area contributed by atoms with E-state index >= 15 is 0 Å². The Hall–Kier alpha value is -3.55. The Morgan fingerprint density at radius 1 is 0.906 bits per heavy atom. The number of nitrogens with zero attached hydrogens (tertiary/aromatic N) is 3. The third-order valence-corrected chi connectivity index (χ3v) is 5.82. The molecule has 1 aliphatic heterocycles. The minimum absolute atomic E-state index is 0.0901. The van der Waals surface area contributed by atoms with Crippen LogP contribution >= 0.6 is 0 Å². The van der Waals surface area contributed by atoms with Crippen LogP contribution in [0.4, 0.5) is 5.69 Å². The lowest BCUT2D eigenvalue weighted by molar-refractivity contribution is -0.128. The zero-order chi connectivity index (χ0) is 22.5. The van der Waals surface area contributed by atoms with Crippen LogP contribution in [0, 0.1) is 0 Å². The number of amides is 2. The summed E-state index contributed by atoms with van der Waals surface area (Å²) < 4.78 is 3.36. The van der Waals surface area contributed by atoms with Crippen molar-refractivity contribution in [1.29, 1.82) is 0 Å². The van der Waals surface area contributed by atoms with Gasteiger partial charge in [0.05, 0.1) is 17.6 Å². The van der Waals surface area contributed by atoms with Gasteiger partial charge in [-0.05, 0) is 43.0 Å². The number of carbonyl (C=O) groups excluding carboxylic acids is 2. The van der Waals surface area contributed by atoms with Crippen LogP contribution in [0.5, 0.6) is 0 Å². The second-order valence-corrected chi connectivity index (χ2v) is 8.07. The van der Waals surface area contributed by atoms with Gasteiger partial charge in [0.15, 0.2) is 0 Å². The largest absolute Gasteiger partial charge is 0.362 e. The van der Waals surface area contributed by atoms with Gasteiger partial charge in [-0.25, -0.2) is 4.79 Å². The molecule has 0 unspecified atom stereocenters. The quantitative estimate of drug-likeness (QED) is 0.557. The Bertz CT molecular complexity index is 1180. The first-order chi connectivity index (χ1) is 15.6. The predicted molar refractivity (Wildman–Crippen MR) is 124 cm³/mol. The van der Waals surface area contributed by atoms with E-state index in [4.69, 9.17) is 0 Å². The molecule has 8 heteroatoms. The number of nitrogens with one attached hydrogen (secondary N) is 2. The highest BCUT2D eigenvalue weighted by atomic mass is 16.2. The van der Waals surface area contributed by atoms with Crippen LogP contribution in [0.15, 0.2) is 53.3 Å². The zero-order valence-electron chi connectivity index (χ0n) is 18.3. The second kappa shape index (κ2) is 9.72. The summed E-state index contributed by atoms with van der Waals surface area (Å²) in [5.74, 6) is -0.608. The van der Waals surface area contributed by atoms with Gasteiger partial charge in [0.25, 0.3) is 5.91 Å². The number of aryl methyl sites for hydroxylation is 3. The minimum Gasteiger partial charge on any atom is -0.362 e. The van der Waals surface area contributed by atoms with Crippen molar-refractivity contribution in [3.63, 3.8) is 0 Å². The first kappa shape index (κ1) is 21.7. The number of imidazole rings is 1. The van der Waals surface area contributed by atoms with E-state index in [1.165, 1.54) is 5.56 Å². The molecule has 32 heavy (non-hydrogen) atoms. The Morgan fingerprint density at radius 2 is 1.56 bits per heavy atom. The molecule has 0 radical (unpaired) electrons. The van der Waals surface area contributed by atoms with Gasteiger partial charge in [-0.3, -0.25) is 29.6 Å². The standard InChI is InChI=1S/C24H29N5O3/c1-2-14-28-20-11-5-6-12-21(20)29(24(28)32)16-13-22(30)25-26-23(31)17-27-15-7-9-18-8-3-4-10-19(18)27/h3-6,8,10-12H,2,7,9,13-17H2,1H3,(H,25,30)(H,26,31). The summed E-state index contributed by atoms with van der Waals surface area (Å²) in [7, 11) is 0. The fourth-order valence-corrected chi connectivity index (χ4v) is 4.33. The summed E-state index contributed by atoms with van der Waals surface area (Å²) in [6, 6.07) is 15.7. The van der Waals surface area contributed by atoms with E-state index in [1.807, 2.05) is 54.3 Å². The molecule has 2 N–H and O–H groups in total. The molecule has 2 heterocycles. The highest BCUT2D eigenvalue weighted by molar-refractivity contribution is 5.85. The second-order valence-electron chi connectivity index (χ2n) is 8.07. The molecule has 0 fully saturated rings. The molecular weight excluding hydrogens is 406 g/mol. The van der Waals surface area contributed by atoms with Gasteiger partial charge in [0.1, 0.15) is 0 Å². The van der Waals surface area contributed by atoms with E-state index in [9.17, 15) is 14.4 Å². The molecule has 2 aromatic carbocycles. The van der Waals surface area contributed by atoms with Crippen LogP contribution in [-0.4, -0.2) is 34.0 Å². The maximum Gasteiger partial charge on any atom is 0.329 e. The maximum atomic E-state index is 12.8. The third kappa shape index (κ3) is 4.54. The van der Waals surface area contributed by atoms with Crippen LogP contribution in [-0.2, 0) is 29.1 Å². The van der Waals surface area contributed by atoms with Crippen LogP contribution in [0.2, 0.25) is 0 Å². The van der Waals surface area contributed by atoms with Crippen molar-refractivity contribution in [2.45, 2.75) is 45.7 Å². The lowest BCUT2D eigenvalue weighted by Crippen LogP contribution is -2.47. The van der Waals surface area contributed by atoms with E-state index in [0.717, 1.165) is 42.5 Å². The van der Waals surface area contributed by atoms with Gasteiger partial charge in [0, 0.05) is 31.7 Å². The van der Waals surface area contributed by atoms with Crippen molar-refractivity contribution in [2.24, 2.45) is 0 Å². The highest BCUT2D eigenvalue weighted by Gasteiger charge is 2.19. The molecule has 0 saturated carbocycles. The van der Waals surface area contributed by atoms with Gasteiger partial charge in [-0.1, -0.05) is 37.3 Å². The Kier molecular flexibility index (Phi) is 6.58. The SMILES string of the molecule is CCCn1c(=O)n(CCC(=O)NNC(=O)CN2CCCc3ccccc32)c2ccccc21. The first-order valence-corrected chi connectivity index (χ1v) is 11.2. The average Bonchev–Trinajstić information content (AvgIpc) is 3.08. The lowest BCUT2D eigenvalue weighted by atomic mass is 10.0. The predicted octanol–water partition coefficient (Wildman–Crippen LogP) is 2.20. The molecule has 0 saturated heterocycles. The molecule has 2 amide bonds. The average molecular weight is 436 g/mol. The number of hydrazine groups is 1. The molecule has 8 nitrogen and oxygen atoms in total. The van der Waals surface area contributed by atoms with Crippen LogP contribution < -0.4 is 21.4 Å². The number of carbonyl (C=O) groups is 2. The van der Waals surface area contributed by atoms with Crippen molar-refractivity contribution in [1.82, 2.24) is 20.0 Å². The monoisotopic (exact) mass is 435 g/mol. The minimum atomic E-state index is -0.336. The van der Waals surface area contributed by atoms with E-state index in [2.05, 4.69) is 16.9 Å². The van der Waals surface area contributed by atoms with E-state index in [1.54, 1.807) is 9.13 Å². The normalized spacial score (nSPS) is 13.1. The summed E-state index contributed by atoms with van der Waals surface area (Å²) in [5.41, 5.74) is 8.86. The first-order valence-electron chi connectivity index (χ1n) is 11.2. The summed E-state index contributed by atoms with van der Waals surface area (Å²) in [5, 5.41) is 0. The Balaban J connectivity index is 1.32.